The van der Waals surface area contributed by atoms with Gasteiger partial charge < -0.3 is 11.1 Å². The van der Waals surface area contributed by atoms with Gasteiger partial charge in [0, 0.05) is 12.5 Å². The van der Waals surface area contributed by atoms with Crippen LogP contribution in [-0.4, -0.2) is 5.91 Å². The summed E-state index contributed by atoms with van der Waals surface area (Å²) in [5.41, 5.74) is 6.55. The lowest BCUT2D eigenvalue weighted by Gasteiger charge is -2.27. The van der Waals surface area contributed by atoms with E-state index in [1.165, 1.54) is 6.07 Å². The van der Waals surface area contributed by atoms with Gasteiger partial charge in [-0.2, -0.15) is 0 Å². The first kappa shape index (κ1) is 17.1. The fourth-order valence-corrected chi connectivity index (χ4v) is 2.37. The van der Waals surface area contributed by atoms with Crippen LogP contribution in [0, 0.1) is 11.6 Å². The van der Waals surface area contributed by atoms with Gasteiger partial charge >= 0.3 is 0 Å². The molecule has 23 heavy (non-hydrogen) atoms. The number of carbonyl (C=O) groups excluding carboxylic acids is 1. The highest BCUT2D eigenvalue weighted by atomic mass is 19.2. The quantitative estimate of drug-likeness (QED) is 0.887. The molecule has 1 unspecified atom stereocenters. The number of rotatable bonds is 5. The van der Waals surface area contributed by atoms with Gasteiger partial charge in [0.15, 0.2) is 11.6 Å². The Hall–Kier alpha value is -2.27. The zero-order valence-electron chi connectivity index (χ0n) is 13.1. The number of amides is 1. The number of halogens is 2. The van der Waals surface area contributed by atoms with Crippen LogP contribution in [0.15, 0.2) is 48.5 Å². The standard InChI is InChI=1S/C18H20F2N2O/c1-18(2,13-8-9-14(19)15(20)10-13)22-17(23)11-16(21)12-6-4-3-5-7-12/h3-10,16H,11,21H2,1-2H3,(H,22,23). The smallest absolute Gasteiger partial charge is 0.222 e. The van der Waals surface area contributed by atoms with E-state index in [0.29, 0.717) is 5.56 Å². The predicted octanol–water partition coefficient (Wildman–Crippen LogP) is 3.41. The molecule has 0 saturated carbocycles. The summed E-state index contributed by atoms with van der Waals surface area (Å²) in [6.45, 7) is 3.46. The Labute approximate surface area is 134 Å². The maximum absolute atomic E-state index is 13.4. The summed E-state index contributed by atoms with van der Waals surface area (Å²) >= 11 is 0. The van der Waals surface area contributed by atoms with Gasteiger partial charge in [-0.25, -0.2) is 8.78 Å². The molecule has 0 fully saturated rings. The van der Waals surface area contributed by atoms with Crippen molar-refractivity contribution in [3.05, 3.63) is 71.3 Å². The molecule has 0 aliphatic rings. The minimum absolute atomic E-state index is 0.108. The third-order valence-electron chi connectivity index (χ3n) is 3.73. The minimum atomic E-state index is -0.939. The van der Waals surface area contributed by atoms with Gasteiger partial charge in [-0.1, -0.05) is 36.4 Å². The van der Waals surface area contributed by atoms with Gasteiger partial charge in [-0.05, 0) is 37.1 Å². The van der Waals surface area contributed by atoms with Crippen molar-refractivity contribution in [2.45, 2.75) is 31.8 Å². The second-order valence-corrected chi connectivity index (χ2v) is 6.02. The van der Waals surface area contributed by atoms with Crippen LogP contribution in [-0.2, 0) is 10.3 Å². The Morgan fingerprint density at radius 3 is 2.39 bits per heavy atom. The molecule has 1 amide bonds. The van der Waals surface area contributed by atoms with Gasteiger partial charge in [0.1, 0.15) is 0 Å². The number of nitrogens with two attached hydrogens (primary N) is 1. The summed E-state index contributed by atoms with van der Waals surface area (Å²) in [6.07, 6.45) is 0.108. The molecule has 0 aliphatic heterocycles. The number of nitrogens with one attached hydrogen (secondary N) is 1. The Bertz CT molecular complexity index is 687. The molecule has 0 bridgehead atoms. The van der Waals surface area contributed by atoms with Gasteiger partial charge in [-0.3, -0.25) is 4.79 Å². The molecule has 1 atom stereocenters. The molecule has 0 spiro atoms. The average Bonchev–Trinajstić information content (AvgIpc) is 2.50. The van der Waals surface area contributed by atoms with Crippen LogP contribution in [0.3, 0.4) is 0 Å². The molecular formula is C18H20F2N2O. The third kappa shape index (κ3) is 4.36. The summed E-state index contributed by atoms with van der Waals surface area (Å²) in [7, 11) is 0. The van der Waals surface area contributed by atoms with E-state index >= 15 is 0 Å². The summed E-state index contributed by atoms with van der Waals surface area (Å²) in [4.78, 5) is 12.2. The van der Waals surface area contributed by atoms with Gasteiger partial charge in [0.05, 0.1) is 5.54 Å². The van der Waals surface area contributed by atoms with Gasteiger partial charge in [-0.15, -0.1) is 0 Å². The van der Waals surface area contributed by atoms with Crippen LogP contribution in [0.4, 0.5) is 8.78 Å². The van der Waals surface area contributed by atoms with E-state index in [1.807, 2.05) is 30.3 Å². The third-order valence-corrected chi connectivity index (χ3v) is 3.73. The lowest BCUT2D eigenvalue weighted by molar-refractivity contribution is -0.123. The van der Waals surface area contributed by atoms with Gasteiger partial charge in [0.25, 0.3) is 0 Å². The lowest BCUT2D eigenvalue weighted by Crippen LogP contribution is -2.42. The first-order valence-corrected chi connectivity index (χ1v) is 7.36. The van der Waals surface area contributed by atoms with Crippen LogP contribution in [0.25, 0.3) is 0 Å². The molecule has 2 rings (SSSR count). The molecule has 3 nitrogen and oxygen atoms in total. The molecule has 0 heterocycles. The average molecular weight is 318 g/mol. The zero-order valence-corrected chi connectivity index (χ0v) is 13.1. The van der Waals surface area contributed by atoms with Crippen molar-refractivity contribution in [2.75, 3.05) is 0 Å². The molecule has 0 radical (unpaired) electrons. The Morgan fingerprint density at radius 2 is 1.78 bits per heavy atom. The largest absolute Gasteiger partial charge is 0.347 e. The molecule has 122 valence electrons. The molecule has 2 aromatic rings. The van der Waals surface area contributed by atoms with Crippen LogP contribution in [0.5, 0.6) is 0 Å². The van der Waals surface area contributed by atoms with Crippen molar-refractivity contribution in [3.8, 4) is 0 Å². The molecule has 5 heteroatoms. The second-order valence-electron chi connectivity index (χ2n) is 6.02. The summed E-state index contributed by atoms with van der Waals surface area (Å²) in [6, 6.07) is 12.5. The highest BCUT2D eigenvalue weighted by Gasteiger charge is 2.25. The topological polar surface area (TPSA) is 55.1 Å². The summed E-state index contributed by atoms with van der Waals surface area (Å²) in [5, 5.41) is 2.81. The van der Waals surface area contributed by atoms with E-state index in [1.54, 1.807) is 13.8 Å². The molecule has 0 saturated heterocycles. The molecule has 3 N–H and O–H groups in total. The molecule has 2 aromatic carbocycles. The van der Waals surface area contributed by atoms with Crippen LogP contribution >= 0.6 is 0 Å². The Balaban J connectivity index is 2.04. The lowest BCUT2D eigenvalue weighted by atomic mass is 9.93. The monoisotopic (exact) mass is 318 g/mol. The van der Waals surface area contributed by atoms with Crippen LogP contribution < -0.4 is 11.1 Å². The van der Waals surface area contributed by atoms with Crippen molar-refractivity contribution >= 4 is 5.91 Å². The van der Waals surface area contributed by atoms with E-state index in [0.717, 1.165) is 17.7 Å². The van der Waals surface area contributed by atoms with Crippen molar-refractivity contribution in [1.82, 2.24) is 5.32 Å². The predicted molar refractivity (Wildman–Crippen MR) is 85.5 cm³/mol. The van der Waals surface area contributed by atoms with E-state index in [9.17, 15) is 13.6 Å². The fourth-order valence-electron chi connectivity index (χ4n) is 2.37. The number of carbonyl (C=O) groups is 1. The zero-order chi connectivity index (χ0) is 17.0. The summed E-state index contributed by atoms with van der Waals surface area (Å²) < 4.78 is 26.4. The Morgan fingerprint density at radius 1 is 1.13 bits per heavy atom. The van der Waals surface area contributed by atoms with E-state index < -0.39 is 23.2 Å². The fraction of sp³-hybridized carbons (Fsp3) is 0.278. The maximum Gasteiger partial charge on any atom is 0.222 e. The highest BCUT2D eigenvalue weighted by molar-refractivity contribution is 5.77. The Kier molecular flexibility index (Phi) is 5.11. The first-order chi connectivity index (χ1) is 10.8. The van der Waals surface area contributed by atoms with Crippen molar-refractivity contribution < 1.29 is 13.6 Å². The van der Waals surface area contributed by atoms with Crippen LogP contribution in [0.2, 0.25) is 0 Å². The maximum atomic E-state index is 13.4. The minimum Gasteiger partial charge on any atom is -0.347 e. The number of benzene rings is 2. The second kappa shape index (κ2) is 6.87. The molecular weight excluding hydrogens is 298 g/mol. The first-order valence-electron chi connectivity index (χ1n) is 7.36. The van der Waals surface area contributed by atoms with E-state index in [-0.39, 0.29) is 12.3 Å². The molecule has 0 aromatic heterocycles. The SMILES string of the molecule is CC(C)(NC(=O)CC(N)c1ccccc1)c1ccc(F)c(F)c1. The number of hydrogen-bond donors (Lipinski definition) is 2. The highest BCUT2D eigenvalue weighted by Crippen LogP contribution is 2.23. The molecule has 0 aliphatic carbocycles. The van der Waals surface area contributed by atoms with Gasteiger partial charge in [0.2, 0.25) is 5.91 Å². The summed E-state index contributed by atoms with van der Waals surface area (Å²) in [5.74, 6) is -2.11. The van der Waals surface area contributed by atoms with Crippen molar-refractivity contribution in [2.24, 2.45) is 5.73 Å². The normalized spacial score (nSPS) is 12.7. The van der Waals surface area contributed by atoms with Crippen molar-refractivity contribution in [1.29, 1.82) is 0 Å². The van der Waals surface area contributed by atoms with E-state index in [4.69, 9.17) is 5.73 Å². The van der Waals surface area contributed by atoms with Crippen LogP contribution in [0.1, 0.15) is 37.4 Å². The van der Waals surface area contributed by atoms with Crippen molar-refractivity contribution in [3.63, 3.8) is 0 Å². The number of hydrogen-bond acceptors (Lipinski definition) is 2. The van der Waals surface area contributed by atoms with E-state index in [2.05, 4.69) is 5.32 Å².